The first kappa shape index (κ1) is 25.3. The molecule has 0 unspecified atom stereocenters. The van der Waals surface area contributed by atoms with Crippen molar-refractivity contribution in [2.75, 3.05) is 7.11 Å². The Balaban J connectivity index is 1.54. The zero-order valence-corrected chi connectivity index (χ0v) is 22.0. The van der Waals surface area contributed by atoms with Crippen LogP contribution in [0.4, 0.5) is 4.79 Å². The van der Waals surface area contributed by atoms with E-state index in [1.807, 2.05) is 0 Å². The van der Waals surface area contributed by atoms with Crippen LogP contribution in [-0.2, 0) is 11.3 Å². The highest BCUT2D eigenvalue weighted by atomic mass is 79.9. The minimum atomic E-state index is -0.553. The summed E-state index contributed by atoms with van der Waals surface area (Å²) in [6.07, 6.45) is 1.57. The van der Waals surface area contributed by atoms with Crippen molar-refractivity contribution in [2.24, 2.45) is 0 Å². The molecule has 0 aliphatic carbocycles. The zero-order valence-electron chi connectivity index (χ0n) is 18.1. The number of ether oxygens (including phenoxy) is 2. The Morgan fingerprint density at radius 3 is 2.43 bits per heavy atom. The van der Waals surface area contributed by atoms with Crippen molar-refractivity contribution in [3.05, 3.63) is 96.8 Å². The minimum absolute atomic E-state index is 0.0340. The zero-order chi connectivity index (χ0) is 25.1. The number of methoxy groups -OCH3 is 1. The second-order valence-corrected chi connectivity index (χ2v) is 9.91. The van der Waals surface area contributed by atoms with E-state index < -0.39 is 17.1 Å². The van der Waals surface area contributed by atoms with E-state index in [9.17, 15) is 14.4 Å². The lowest BCUT2D eigenvalue weighted by atomic mass is 10.1. The predicted molar refractivity (Wildman–Crippen MR) is 140 cm³/mol. The molecule has 0 spiro atoms. The smallest absolute Gasteiger partial charge is 0.344 e. The average molecular weight is 593 g/mol. The maximum Gasteiger partial charge on any atom is 0.344 e. The number of nitrogens with zero attached hydrogens (tertiary/aromatic N) is 1. The largest absolute Gasteiger partial charge is 0.493 e. The SMILES string of the molecule is COc1cc(/C=C2\SC(=O)N(Cc3c(Cl)cccc3Cl)C2=O)ccc1OC(=O)c1ccccc1Br. The molecule has 0 atom stereocenters. The standard InChI is InChI=1S/C25H16BrCl2NO5S/c1-33-21-11-14(9-10-20(21)34-24(31)15-5-2-3-6-17(15)26)12-22-23(30)29(25(32)35-22)13-16-18(27)7-4-8-19(16)28/h2-12H,13H2,1H3/b22-12-. The lowest BCUT2D eigenvalue weighted by Gasteiger charge is -2.14. The Morgan fingerprint density at radius 1 is 1.03 bits per heavy atom. The van der Waals surface area contributed by atoms with Gasteiger partial charge in [0.25, 0.3) is 11.1 Å². The van der Waals surface area contributed by atoms with Crippen molar-refractivity contribution in [3.8, 4) is 11.5 Å². The van der Waals surface area contributed by atoms with Gasteiger partial charge in [-0.05, 0) is 75.7 Å². The van der Waals surface area contributed by atoms with Crippen LogP contribution < -0.4 is 9.47 Å². The van der Waals surface area contributed by atoms with E-state index in [0.717, 1.165) is 16.7 Å². The summed E-state index contributed by atoms with van der Waals surface area (Å²) in [5, 5.41) is 0.319. The van der Waals surface area contributed by atoms with E-state index in [2.05, 4.69) is 15.9 Å². The monoisotopic (exact) mass is 591 g/mol. The van der Waals surface area contributed by atoms with Crippen LogP contribution >= 0.6 is 50.9 Å². The Morgan fingerprint density at radius 2 is 1.74 bits per heavy atom. The number of halogens is 3. The Bertz CT molecular complexity index is 1360. The first-order valence-corrected chi connectivity index (χ1v) is 12.5. The fraction of sp³-hybridized carbons (Fsp3) is 0.0800. The molecule has 1 aliphatic heterocycles. The van der Waals surface area contributed by atoms with Gasteiger partial charge in [-0.25, -0.2) is 4.79 Å². The first-order chi connectivity index (χ1) is 16.8. The fourth-order valence-corrected chi connectivity index (χ4v) is 5.07. The van der Waals surface area contributed by atoms with Gasteiger partial charge >= 0.3 is 5.97 Å². The fourth-order valence-electron chi connectivity index (χ4n) is 3.27. The quantitative estimate of drug-likeness (QED) is 0.171. The lowest BCUT2D eigenvalue weighted by Crippen LogP contribution is -2.27. The molecule has 10 heteroatoms. The maximum absolute atomic E-state index is 12.9. The Labute approximate surface area is 223 Å². The molecule has 178 valence electrons. The molecule has 1 fully saturated rings. The van der Waals surface area contributed by atoms with E-state index in [1.54, 1.807) is 66.7 Å². The second-order valence-electron chi connectivity index (χ2n) is 7.25. The molecule has 4 rings (SSSR count). The molecular weight excluding hydrogens is 577 g/mol. The summed E-state index contributed by atoms with van der Waals surface area (Å²) in [4.78, 5) is 39.3. The van der Waals surface area contributed by atoms with Crippen LogP contribution in [0.2, 0.25) is 10.0 Å². The van der Waals surface area contributed by atoms with Crippen LogP contribution in [0.1, 0.15) is 21.5 Å². The topological polar surface area (TPSA) is 72.9 Å². The van der Waals surface area contributed by atoms with Crippen LogP contribution in [0.5, 0.6) is 11.5 Å². The van der Waals surface area contributed by atoms with Crippen LogP contribution in [0, 0.1) is 0 Å². The number of hydrogen-bond acceptors (Lipinski definition) is 6. The van der Waals surface area contributed by atoms with Crippen LogP contribution in [0.15, 0.2) is 70.0 Å². The van der Waals surface area contributed by atoms with Crippen molar-refractivity contribution >= 4 is 74.1 Å². The van der Waals surface area contributed by atoms with Gasteiger partial charge in [0.05, 0.1) is 24.1 Å². The summed E-state index contributed by atoms with van der Waals surface area (Å²) < 4.78 is 11.5. The second kappa shape index (κ2) is 10.9. The number of carbonyl (C=O) groups excluding carboxylic acids is 3. The molecule has 1 saturated heterocycles. The summed E-state index contributed by atoms with van der Waals surface area (Å²) in [7, 11) is 1.44. The van der Waals surface area contributed by atoms with Crippen molar-refractivity contribution in [1.29, 1.82) is 0 Å². The van der Waals surface area contributed by atoms with Crippen molar-refractivity contribution < 1.29 is 23.9 Å². The van der Waals surface area contributed by atoms with Crippen LogP contribution in [0.3, 0.4) is 0 Å². The number of rotatable bonds is 6. The predicted octanol–water partition coefficient (Wildman–Crippen LogP) is 7.22. The van der Waals surface area contributed by atoms with Crippen LogP contribution in [0.25, 0.3) is 6.08 Å². The molecule has 6 nitrogen and oxygen atoms in total. The van der Waals surface area contributed by atoms with Gasteiger partial charge < -0.3 is 9.47 Å². The van der Waals surface area contributed by atoms with Gasteiger partial charge in [-0.3, -0.25) is 14.5 Å². The van der Waals surface area contributed by atoms with Crippen LogP contribution in [-0.4, -0.2) is 29.1 Å². The third-order valence-corrected chi connectivity index (χ3v) is 7.34. The van der Waals surface area contributed by atoms with Gasteiger partial charge in [-0.1, -0.05) is 47.5 Å². The van der Waals surface area contributed by atoms with Gasteiger partial charge in [0.15, 0.2) is 11.5 Å². The molecule has 3 aromatic rings. The minimum Gasteiger partial charge on any atom is -0.493 e. The van der Waals surface area contributed by atoms with E-state index in [0.29, 0.717) is 37.0 Å². The van der Waals surface area contributed by atoms with Gasteiger partial charge in [-0.15, -0.1) is 0 Å². The van der Waals surface area contributed by atoms with Gasteiger partial charge in [0, 0.05) is 20.1 Å². The van der Waals surface area contributed by atoms with E-state index >= 15 is 0 Å². The number of amides is 2. The van der Waals surface area contributed by atoms with Gasteiger partial charge in [0.2, 0.25) is 0 Å². The number of hydrogen-bond donors (Lipinski definition) is 0. The first-order valence-electron chi connectivity index (χ1n) is 10.1. The number of thioether (sulfide) groups is 1. The van der Waals surface area contributed by atoms with Gasteiger partial charge in [-0.2, -0.15) is 0 Å². The molecule has 35 heavy (non-hydrogen) atoms. The third kappa shape index (κ3) is 5.56. The van der Waals surface area contributed by atoms with Crippen molar-refractivity contribution in [3.63, 3.8) is 0 Å². The molecule has 0 bridgehead atoms. The number of carbonyl (C=O) groups is 3. The van der Waals surface area contributed by atoms with Crippen molar-refractivity contribution in [1.82, 2.24) is 4.90 Å². The summed E-state index contributed by atoms with van der Waals surface area (Å²) in [6, 6.07) is 16.7. The highest BCUT2D eigenvalue weighted by molar-refractivity contribution is 9.10. The molecule has 0 N–H and O–H groups in total. The maximum atomic E-state index is 12.9. The third-order valence-electron chi connectivity index (χ3n) is 5.03. The molecule has 2 amide bonds. The number of imide groups is 1. The molecule has 0 saturated carbocycles. The van der Waals surface area contributed by atoms with Crippen molar-refractivity contribution in [2.45, 2.75) is 6.54 Å². The summed E-state index contributed by atoms with van der Waals surface area (Å²) >= 11 is 16.5. The molecule has 0 radical (unpaired) electrons. The molecule has 0 aromatic heterocycles. The highest BCUT2D eigenvalue weighted by Crippen LogP contribution is 2.37. The molecule has 1 aliphatic rings. The highest BCUT2D eigenvalue weighted by Gasteiger charge is 2.35. The molecule has 3 aromatic carbocycles. The Kier molecular flexibility index (Phi) is 7.86. The summed E-state index contributed by atoms with van der Waals surface area (Å²) in [6.45, 7) is -0.0340. The number of esters is 1. The molecule has 1 heterocycles. The van der Waals surface area contributed by atoms with E-state index in [4.69, 9.17) is 32.7 Å². The normalized spacial score (nSPS) is 14.5. The summed E-state index contributed by atoms with van der Waals surface area (Å²) in [5.74, 6) is -0.504. The summed E-state index contributed by atoms with van der Waals surface area (Å²) in [5.41, 5.74) is 1.45. The number of benzene rings is 3. The average Bonchev–Trinajstić information content (AvgIpc) is 3.09. The van der Waals surface area contributed by atoms with Gasteiger partial charge in [0.1, 0.15) is 0 Å². The van der Waals surface area contributed by atoms with E-state index in [1.165, 1.54) is 7.11 Å². The molecular formula is C25H16BrCl2NO5S. The Hall–Kier alpha value is -2.78. The van der Waals surface area contributed by atoms with E-state index in [-0.39, 0.29) is 17.2 Å². The lowest BCUT2D eigenvalue weighted by molar-refractivity contribution is -0.123.